The van der Waals surface area contributed by atoms with Gasteiger partial charge in [-0.1, -0.05) is 27.4 Å². The van der Waals surface area contributed by atoms with Gasteiger partial charge in [0.1, 0.15) is 0 Å². The summed E-state index contributed by atoms with van der Waals surface area (Å²) in [5.41, 5.74) is 0.913. The zero-order valence-electron chi connectivity index (χ0n) is 24.7. The number of likely N-dealkylation sites (tertiary alicyclic amines) is 1. The molecular weight excluding hydrogens is 556 g/mol. The second-order valence-corrected chi connectivity index (χ2v) is 14.4. The Hall–Kier alpha value is -0.560. The van der Waals surface area contributed by atoms with Crippen molar-refractivity contribution in [2.45, 2.75) is 96.7 Å². The maximum atomic E-state index is 11.2. The van der Waals surface area contributed by atoms with E-state index < -0.39 is 0 Å². The van der Waals surface area contributed by atoms with Crippen molar-refractivity contribution in [3.8, 4) is 0 Å². The first-order valence-corrected chi connectivity index (χ1v) is 15.7. The van der Waals surface area contributed by atoms with Crippen molar-refractivity contribution < 1.29 is 40.9 Å². The van der Waals surface area contributed by atoms with Crippen LogP contribution in [0.15, 0.2) is 12.7 Å². The van der Waals surface area contributed by atoms with Gasteiger partial charge in [0.05, 0.1) is 45.0 Å². The second-order valence-electron chi connectivity index (χ2n) is 14.4. The largest absolute Gasteiger partial charge is 1.00 e. The van der Waals surface area contributed by atoms with Crippen molar-refractivity contribution in [1.29, 1.82) is 0 Å². The van der Waals surface area contributed by atoms with Gasteiger partial charge in [-0.15, -0.1) is 0 Å². The first kappa shape index (κ1) is 31.4. The van der Waals surface area contributed by atoms with Gasteiger partial charge in [-0.25, -0.2) is 0 Å². The number of halogens is 1. The van der Waals surface area contributed by atoms with E-state index in [0.29, 0.717) is 22.8 Å². The number of nitrogens with zero attached hydrogens (tertiary/aromatic N) is 2. The third kappa shape index (κ3) is 5.27. The van der Waals surface area contributed by atoms with Crippen molar-refractivity contribution >= 4 is 6.15 Å². The molecule has 0 radical (unpaired) electrons. The monoisotopic (exact) mass is 608 g/mol. The fourth-order valence-corrected chi connectivity index (χ4v) is 11.4. The number of hydrogen-bond donors (Lipinski definition) is 1. The molecule has 6 rings (SSSR count). The lowest BCUT2D eigenvalue weighted by atomic mass is 9.44. The molecule has 6 nitrogen and oxygen atoms in total. The summed E-state index contributed by atoms with van der Waals surface area (Å²) in [5, 5.41) is 11.2. The van der Waals surface area contributed by atoms with E-state index in [0.717, 1.165) is 62.4 Å². The Morgan fingerprint density at radius 2 is 1.72 bits per heavy atom. The van der Waals surface area contributed by atoms with Crippen LogP contribution in [-0.2, 0) is 14.3 Å². The second kappa shape index (κ2) is 12.4. The minimum Gasteiger partial charge on any atom is -1.00 e. The standard InChI is InChI=1S/C31H53N2O2.CO2.BrH/c1-5-14-33(15-6-7-16-33)28-20-26-24-9-8-23-19-29(34)27(32-12-17-35-18-13-32)21-31(23,4)25(24)10-11-30(26,3)22(28)2;2-1-3;/h5,22-29,34H,1,6-21H2,2-4H3;;1H/q+1;;/p-1/t22-,23?,24?,25?,26?,27-,28-,29?,30+,31-;;/m0../s1. The quantitative estimate of drug-likeness (QED) is 0.387. The summed E-state index contributed by atoms with van der Waals surface area (Å²) < 4.78 is 7.01. The minimum absolute atomic E-state index is 0. The third-order valence-electron chi connectivity index (χ3n) is 13.4. The van der Waals surface area contributed by atoms with Gasteiger partial charge in [-0.2, -0.15) is 9.59 Å². The van der Waals surface area contributed by atoms with Crippen LogP contribution in [0.4, 0.5) is 0 Å². The van der Waals surface area contributed by atoms with Crippen LogP contribution in [0.2, 0.25) is 0 Å². The topological polar surface area (TPSA) is 66.8 Å². The van der Waals surface area contributed by atoms with Gasteiger partial charge in [0.2, 0.25) is 0 Å². The van der Waals surface area contributed by atoms with Gasteiger partial charge in [-0.05, 0) is 79.1 Å². The van der Waals surface area contributed by atoms with Crippen molar-refractivity contribution in [3.63, 3.8) is 0 Å². The van der Waals surface area contributed by atoms with E-state index in [1.54, 1.807) is 0 Å². The summed E-state index contributed by atoms with van der Waals surface area (Å²) in [7, 11) is 0. The zero-order valence-corrected chi connectivity index (χ0v) is 26.2. The smallest absolute Gasteiger partial charge is 0.373 e. The molecule has 0 aromatic carbocycles. The highest BCUT2D eigenvalue weighted by Crippen LogP contribution is 2.68. The number of rotatable bonds is 4. The Kier molecular flexibility index (Phi) is 9.94. The molecule has 39 heavy (non-hydrogen) atoms. The summed E-state index contributed by atoms with van der Waals surface area (Å²) in [6.07, 6.45) is 14.5. The van der Waals surface area contributed by atoms with Crippen molar-refractivity contribution in [2.75, 3.05) is 45.9 Å². The lowest BCUT2D eigenvalue weighted by Gasteiger charge is -2.62. The normalized spacial score (nSPS) is 46.8. The molecule has 2 saturated heterocycles. The maximum Gasteiger partial charge on any atom is 0.373 e. The van der Waals surface area contributed by atoms with Crippen molar-refractivity contribution in [3.05, 3.63) is 12.7 Å². The summed E-state index contributed by atoms with van der Waals surface area (Å²) in [6, 6.07) is 1.18. The molecule has 4 aliphatic carbocycles. The minimum atomic E-state index is -0.147. The summed E-state index contributed by atoms with van der Waals surface area (Å²) in [5.74, 6) is 4.19. The van der Waals surface area contributed by atoms with E-state index in [2.05, 4.69) is 38.3 Å². The number of aliphatic hydroxyl groups excluding tert-OH is 1. The van der Waals surface area contributed by atoms with E-state index in [9.17, 15) is 5.11 Å². The Bertz CT molecular complexity index is 883. The number of ether oxygens (including phenoxy) is 1. The highest BCUT2D eigenvalue weighted by Gasteiger charge is 2.65. The van der Waals surface area contributed by atoms with Crippen LogP contribution in [-0.4, -0.2) is 84.8 Å². The summed E-state index contributed by atoms with van der Waals surface area (Å²) >= 11 is 0. The fourth-order valence-electron chi connectivity index (χ4n) is 11.4. The third-order valence-corrected chi connectivity index (χ3v) is 13.4. The van der Waals surface area contributed by atoms with Gasteiger partial charge in [-0.3, -0.25) is 4.90 Å². The number of aliphatic hydroxyl groups is 1. The number of quaternary nitrogens is 1. The van der Waals surface area contributed by atoms with E-state index in [1.807, 2.05) is 0 Å². The number of morpholine rings is 1. The molecule has 7 heteroatoms. The van der Waals surface area contributed by atoms with Crippen LogP contribution in [0.1, 0.15) is 78.6 Å². The molecule has 10 atom stereocenters. The zero-order chi connectivity index (χ0) is 27.1. The van der Waals surface area contributed by atoms with Crippen LogP contribution in [0.25, 0.3) is 0 Å². The summed E-state index contributed by atoms with van der Waals surface area (Å²) in [4.78, 5) is 18.8. The van der Waals surface area contributed by atoms with Crippen LogP contribution in [0.3, 0.4) is 0 Å². The van der Waals surface area contributed by atoms with Gasteiger partial charge >= 0.3 is 6.15 Å². The van der Waals surface area contributed by atoms with Crippen molar-refractivity contribution in [2.24, 2.45) is 40.4 Å². The van der Waals surface area contributed by atoms with Crippen LogP contribution in [0.5, 0.6) is 0 Å². The van der Waals surface area contributed by atoms with Crippen molar-refractivity contribution in [1.82, 2.24) is 4.90 Å². The molecule has 5 unspecified atom stereocenters. The van der Waals surface area contributed by atoms with Gasteiger partial charge in [0.15, 0.2) is 0 Å². The average molecular weight is 610 g/mol. The maximum absolute atomic E-state index is 11.2. The lowest BCUT2D eigenvalue weighted by molar-refractivity contribution is -0.938. The SMILES string of the molecule is C=CC[N+]1([C@H]2CC3C4CCC5CC(O)[C@@H](N6CCOCC6)C[C@]5(C)C4CC[C@]3(C)[C@H]2C)CCCC1.O=C=O.[Br-]. The number of hydrogen-bond acceptors (Lipinski definition) is 5. The molecule has 222 valence electrons. The van der Waals surface area contributed by atoms with Gasteiger partial charge in [0.25, 0.3) is 0 Å². The molecule has 0 aromatic heterocycles. The predicted octanol–water partition coefficient (Wildman–Crippen LogP) is 1.53. The van der Waals surface area contributed by atoms with E-state index in [-0.39, 0.29) is 29.2 Å². The molecule has 0 bridgehead atoms. The molecule has 6 fully saturated rings. The van der Waals surface area contributed by atoms with Crippen LogP contribution >= 0.6 is 0 Å². The molecule has 2 heterocycles. The van der Waals surface area contributed by atoms with E-state index in [4.69, 9.17) is 14.3 Å². The first-order chi connectivity index (χ1) is 18.2. The molecule has 0 spiro atoms. The highest BCUT2D eigenvalue weighted by atomic mass is 79.9. The Morgan fingerprint density at radius 3 is 2.36 bits per heavy atom. The lowest BCUT2D eigenvalue weighted by Crippen LogP contribution is -3.00. The molecule has 6 aliphatic rings. The van der Waals surface area contributed by atoms with Gasteiger partial charge < -0.3 is 31.3 Å². The van der Waals surface area contributed by atoms with Crippen LogP contribution < -0.4 is 17.0 Å². The predicted molar refractivity (Wildman–Crippen MR) is 147 cm³/mol. The van der Waals surface area contributed by atoms with Gasteiger partial charge in [0, 0.05) is 44.3 Å². The summed E-state index contributed by atoms with van der Waals surface area (Å²) in [6.45, 7) is 19.8. The average Bonchev–Trinajstić information content (AvgIpc) is 3.48. The molecular formula is C32H53BrN2O4. The molecule has 2 aliphatic heterocycles. The first-order valence-electron chi connectivity index (χ1n) is 15.7. The Balaban J connectivity index is 0.000000845. The Labute approximate surface area is 247 Å². The number of fused-ring (bicyclic) bond motifs is 5. The molecule has 4 saturated carbocycles. The van der Waals surface area contributed by atoms with Crippen LogP contribution in [0, 0.1) is 40.4 Å². The Morgan fingerprint density at radius 1 is 1.05 bits per heavy atom. The fraction of sp³-hybridized carbons (Fsp3) is 0.906. The van der Waals surface area contributed by atoms with E-state index >= 15 is 0 Å². The molecule has 0 aromatic rings. The molecule has 1 N–H and O–H groups in total. The van der Waals surface area contributed by atoms with E-state index in [1.165, 1.54) is 75.5 Å². The highest BCUT2D eigenvalue weighted by molar-refractivity contribution is 5.20. The molecule has 0 amide bonds. The number of carbonyl (C=O) groups excluding carboxylic acids is 2.